The molecule has 0 aromatic carbocycles. The zero-order chi connectivity index (χ0) is 11.1. The number of methoxy groups -OCH3 is 1. The largest absolute Gasteiger partial charge is 0.396 e. The average Bonchev–Trinajstić information content (AvgIpc) is 2.61. The monoisotopic (exact) mass is 214 g/mol. The van der Waals surface area contributed by atoms with Gasteiger partial charge in [0.05, 0.1) is 12.3 Å². The van der Waals surface area contributed by atoms with Gasteiger partial charge >= 0.3 is 0 Å². The third-order valence-corrected chi connectivity index (χ3v) is 2.07. The van der Waals surface area contributed by atoms with E-state index in [9.17, 15) is 0 Å². The molecule has 0 aliphatic heterocycles. The van der Waals surface area contributed by atoms with Gasteiger partial charge in [-0.25, -0.2) is 0 Å². The maximum Gasteiger partial charge on any atom is 0.0964 e. The zero-order valence-electron chi connectivity index (χ0n) is 9.18. The summed E-state index contributed by atoms with van der Waals surface area (Å²) < 4.78 is 6.70. The first-order chi connectivity index (χ1) is 7.26. The standard InChI is InChI=1S/C9H18N4O2/c1-13-6-9(11-12-13)5-10-8(3-4-14)7-15-2/h6,8,10,14H,3-5,7H2,1-2H3. The van der Waals surface area contributed by atoms with Gasteiger partial charge in [-0.2, -0.15) is 0 Å². The van der Waals surface area contributed by atoms with Crippen molar-refractivity contribution in [3.8, 4) is 0 Å². The Hall–Kier alpha value is -0.980. The molecular weight excluding hydrogens is 196 g/mol. The number of nitrogens with zero attached hydrogens (tertiary/aromatic N) is 3. The van der Waals surface area contributed by atoms with E-state index < -0.39 is 0 Å². The summed E-state index contributed by atoms with van der Waals surface area (Å²) in [6, 6.07) is 0.155. The van der Waals surface area contributed by atoms with Crippen molar-refractivity contribution >= 4 is 0 Å². The normalized spacial score (nSPS) is 13.0. The van der Waals surface area contributed by atoms with Crippen LogP contribution in [0.2, 0.25) is 0 Å². The van der Waals surface area contributed by atoms with Crippen molar-refractivity contribution in [2.24, 2.45) is 7.05 Å². The number of rotatable bonds is 7. The molecular formula is C9H18N4O2. The van der Waals surface area contributed by atoms with Crippen molar-refractivity contribution in [2.45, 2.75) is 19.0 Å². The summed E-state index contributed by atoms with van der Waals surface area (Å²) in [4.78, 5) is 0. The lowest BCUT2D eigenvalue weighted by Gasteiger charge is -2.15. The van der Waals surface area contributed by atoms with Crippen LogP contribution in [-0.4, -0.2) is 46.5 Å². The Labute approximate surface area is 89.2 Å². The summed E-state index contributed by atoms with van der Waals surface area (Å²) >= 11 is 0. The number of aryl methyl sites for hydroxylation is 1. The molecule has 6 heteroatoms. The van der Waals surface area contributed by atoms with Crippen LogP contribution in [0.5, 0.6) is 0 Å². The van der Waals surface area contributed by atoms with E-state index in [1.54, 1.807) is 11.8 Å². The molecule has 1 aromatic heterocycles. The second-order valence-corrected chi connectivity index (χ2v) is 3.43. The molecule has 1 unspecified atom stereocenters. The third kappa shape index (κ3) is 4.37. The quantitative estimate of drug-likeness (QED) is 0.628. The third-order valence-electron chi connectivity index (χ3n) is 2.07. The minimum absolute atomic E-state index is 0.154. The molecule has 0 saturated heterocycles. The van der Waals surface area contributed by atoms with Crippen molar-refractivity contribution in [2.75, 3.05) is 20.3 Å². The van der Waals surface area contributed by atoms with Crippen LogP contribution < -0.4 is 5.32 Å². The van der Waals surface area contributed by atoms with Crippen molar-refractivity contribution < 1.29 is 9.84 Å². The fraction of sp³-hybridized carbons (Fsp3) is 0.778. The van der Waals surface area contributed by atoms with Gasteiger partial charge in [0.15, 0.2) is 0 Å². The summed E-state index contributed by atoms with van der Waals surface area (Å²) in [6.07, 6.45) is 2.53. The van der Waals surface area contributed by atoms with Crippen molar-refractivity contribution in [3.05, 3.63) is 11.9 Å². The Kier molecular flexibility index (Phi) is 5.23. The fourth-order valence-electron chi connectivity index (χ4n) is 1.33. The van der Waals surface area contributed by atoms with E-state index in [2.05, 4.69) is 15.6 Å². The lowest BCUT2D eigenvalue weighted by Crippen LogP contribution is -2.33. The van der Waals surface area contributed by atoms with Crippen molar-refractivity contribution in [3.63, 3.8) is 0 Å². The van der Waals surface area contributed by atoms with Crippen LogP contribution in [0, 0.1) is 0 Å². The number of ether oxygens (including phenoxy) is 1. The van der Waals surface area contributed by atoms with Gasteiger partial charge in [-0.05, 0) is 6.42 Å². The van der Waals surface area contributed by atoms with Gasteiger partial charge < -0.3 is 15.2 Å². The first-order valence-electron chi connectivity index (χ1n) is 4.94. The molecule has 1 atom stereocenters. The fourth-order valence-corrected chi connectivity index (χ4v) is 1.33. The smallest absolute Gasteiger partial charge is 0.0964 e. The van der Waals surface area contributed by atoms with E-state index in [-0.39, 0.29) is 12.6 Å². The molecule has 0 fully saturated rings. The molecule has 15 heavy (non-hydrogen) atoms. The van der Waals surface area contributed by atoms with E-state index in [1.807, 2.05) is 13.2 Å². The second kappa shape index (κ2) is 6.49. The maximum absolute atomic E-state index is 8.84. The first kappa shape index (κ1) is 12.1. The zero-order valence-corrected chi connectivity index (χ0v) is 9.18. The molecule has 6 nitrogen and oxygen atoms in total. The molecule has 0 amide bonds. The van der Waals surface area contributed by atoms with Gasteiger partial charge in [-0.15, -0.1) is 5.10 Å². The Bertz CT molecular complexity index is 271. The Morgan fingerprint density at radius 1 is 1.67 bits per heavy atom. The van der Waals surface area contributed by atoms with E-state index in [0.29, 0.717) is 19.6 Å². The van der Waals surface area contributed by atoms with Gasteiger partial charge in [0, 0.05) is 39.5 Å². The van der Waals surface area contributed by atoms with Crippen molar-refractivity contribution in [1.82, 2.24) is 20.3 Å². The predicted molar refractivity (Wildman–Crippen MR) is 55.2 cm³/mol. The Balaban J connectivity index is 2.32. The molecule has 2 N–H and O–H groups in total. The van der Waals surface area contributed by atoms with E-state index in [4.69, 9.17) is 9.84 Å². The molecule has 1 aromatic rings. The van der Waals surface area contributed by atoms with Crippen LogP contribution in [-0.2, 0) is 18.3 Å². The Morgan fingerprint density at radius 2 is 2.47 bits per heavy atom. The highest BCUT2D eigenvalue weighted by Gasteiger charge is 2.07. The minimum atomic E-state index is 0.154. The second-order valence-electron chi connectivity index (χ2n) is 3.43. The SMILES string of the molecule is COCC(CCO)NCc1cn(C)nn1. The van der Waals surface area contributed by atoms with Crippen LogP contribution in [0.15, 0.2) is 6.20 Å². The molecule has 0 saturated carbocycles. The summed E-state index contributed by atoms with van der Waals surface area (Å²) in [5.41, 5.74) is 0.886. The maximum atomic E-state index is 8.84. The molecule has 86 valence electrons. The highest BCUT2D eigenvalue weighted by molar-refractivity contribution is 4.91. The number of nitrogens with one attached hydrogen (secondary N) is 1. The summed E-state index contributed by atoms with van der Waals surface area (Å²) in [6.45, 7) is 1.38. The van der Waals surface area contributed by atoms with Crippen LogP contribution in [0.4, 0.5) is 0 Å². The van der Waals surface area contributed by atoms with Gasteiger partial charge in [0.25, 0.3) is 0 Å². The van der Waals surface area contributed by atoms with Crippen LogP contribution in [0.3, 0.4) is 0 Å². The van der Waals surface area contributed by atoms with Gasteiger partial charge in [0.2, 0.25) is 0 Å². The van der Waals surface area contributed by atoms with Gasteiger partial charge in [-0.1, -0.05) is 5.21 Å². The minimum Gasteiger partial charge on any atom is -0.396 e. The molecule has 0 aliphatic rings. The van der Waals surface area contributed by atoms with Crippen molar-refractivity contribution in [1.29, 1.82) is 0 Å². The van der Waals surface area contributed by atoms with E-state index in [1.165, 1.54) is 0 Å². The number of aliphatic hydroxyl groups is 1. The van der Waals surface area contributed by atoms with Crippen LogP contribution in [0.25, 0.3) is 0 Å². The van der Waals surface area contributed by atoms with Crippen LogP contribution in [0.1, 0.15) is 12.1 Å². The lowest BCUT2D eigenvalue weighted by molar-refractivity contribution is 0.148. The molecule has 0 radical (unpaired) electrons. The number of aromatic nitrogens is 3. The number of hydrogen-bond acceptors (Lipinski definition) is 5. The lowest BCUT2D eigenvalue weighted by atomic mass is 10.2. The molecule has 1 heterocycles. The molecule has 1 rings (SSSR count). The van der Waals surface area contributed by atoms with E-state index in [0.717, 1.165) is 5.69 Å². The average molecular weight is 214 g/mol. The molecule has 0 aliphatic carbocycles. The predicted octanol–water partition coefficient (Wildman–Crippen LogP) is -0.698. The highest BCUT2D eigenvalue weighted by Crippen LogP contribution is 1.96. The summed E-state index contributed by atoms with van der Waals surface area (Å²) in [5.74, 6) is 0. The van der Waals surface area contributed by atoms with Crippen LogP contribution >= 0.6 is 0 Å². The summed E-state index contributed by atoms with van der Waals surface area (Å²) in [5, 5.41) is 19.9. The Morgan fingerprint density at radius 3 is 3.00 bits per heavy atom. The summed E-state index contributed by atoms with van der Waals surface area (Å²) in [7, 11) is 3.48. The van der Waals surface area contributed by atoms with Gasteiger partial charge in [0.1, 0.15) is 0 Å². The number of hydrogen-bond donors (Lipinski definition) is 2. The first-order valence-corrected chi connectivity index (χ1v) is 4.94. The highest BCUT2D eigenvalue weighted by atomic mass is 16.5. The number of aliphatic hydroxyl groups excluding tert-OH is 1. The topological polar surface area (TPSA) is 72.2 Å². The molecule has 0 bridgehead atoms. The van der Waals surface area contributed by atoms with Gasteiger partial charge in [-0.3, -0.25) is 4.68 Å². The van der Waals surface area contributed by atoms with E-state index >= 15 is 0 Å². The molecule has 0 spiro atoms.